The Labute approximate surface area is 200 Å². The Balaban J connectivity index is 1.88. The monoisotopic (exact) mass is 466 g/mol. The van der Waals surface area contributed by atoms with Gasteiger partial charge < -0.3 is 15.2 Å². The first-order chi connectivity index (χ1) is 15.7. The van der Waals surface area contributed by atoms with E-state index in [9.17, 15) is 9.59 Å². The number of anilines is 1. The fourth-order valence-electron chi connectivity index (χ4n) is 3.43. The Hall–Kier alpha value is -3.39. The van der Waals surface area contributed by atoms with Gasteiger partial charge in [-0.3, -0.25) is 15.2 Å². The Morgan fingerprint density at radius 2 is 1.50 bits per heavy atom. The summed E-state index contributed by atoms with van der Waals surface area (Å²) in [6.45, 7) is 12.8. The van der Waals surface area contributed by atoms with Crippen LogP contribution in [0, 0.1) is 0 Å². The van der Waals surface area contributed by atoms with Gasteiger partial charge in [-0.2, -0.15) is 5.10 Å². The Morgan fingerprint density at radius 1 is 0.912 bits per heavy atom. The molecule has 1 unspecified atom stereocenters. The van der Waals surface area contributed by atoms with Gasteiger partial charge in [0, 0.05) is 11.9 Å². The first kappa shape index (κ1) is 25.2. The van der Waals surface area contributed by atoms with Gasteiger partial charge in [0.25, 0.3) is 0 Å². The van der Waals surface area contributed by atoms with Crippen molar-refractivity contribution in [2.75, 3.05) is 11.9 Å². The van der Waals surface area contributed by atoms with Crippen LogP contribution in [0.1, 0.15) is 54.0 Å². The summed E-state index contributed by atoms with van der Waals surface area (Å²) in [5, 5.41) is 10.6. The highest BCUT2D eigenvalue weighted by Gasteiger charge is 2.37. The molecule has 0 bridgehead atoms. The van der Waals surface area contributed by atoms with Crippen molar-refractivity contribution in [1.29, 1.82) is 0 Å². The number of benzene rings is 2. The maximum Gasteiger partial charge on any atom is 0.413 e. The zero-order valence-corrected chi connectivity index (χ0v) is 20.9. The normalized spacial score (nSPS) is 13.9. The average Bonchev–Trinajstić information content (AvgIpc) is 3.12. The molecule has 4 N–H and O–H groups in total. The number of fused-ring (bicyclic) bond motifs is 1. The summed E-state index contributed by atoms with van der Waals surface area (Å²) in [4.78, 5) is 25.0. The number of nitrogens with zero attached hydrogens (tertiary/aromatic N) is 1. The number of aromatic amines is 1. The summed E-state index contributed by atoms with van der Waals surface area (Å²) in [6.07, 6.45) is -0.570. The van der Waals surface area contributed by atoms with E-state index in [0.29, 0.717) is 5.82 Å². The molecule has 0 aliphatic carbocycles. The molecule has 8 nitrogen and oxygen atoms in total. The van der Waals surface area contributed by atoms with E-state index in [1.807, 2.05) is 63.2 Å². The molecule has 1 heterocycles. The van der Waals surface area contributed by atoms with E-state index >= 15 is 0 Å². The molecule has 1 atom stereocenters. The maximum atomic E-state index is 12.8. The zero-order chi connectivity index (χ0) is 25.3. The highest BCUT2D eigenvalue weighted by molar-refractivity contribution is 5.99. The first-order valence-corrected chi connectivity index (χ1v) is 11.2. The number of carbonyl (C=O) groups is 2. The molecule has 3 rings (SSSR count). The van der Waals surface area contributed by atoms with Crippen molar-refractivity contribution < 1.29 is 19.1 Å². The summed E-state index contributed by atoms with van der Waals surface area (Å²) < 4.78 is 10.9. The number of esters is 1. The smallest absolute Gasteiger partial charge is 0.413 e. The quantitative estimate of drug-likeness (QED) is 0.448. The van der Waals surface area contributed by atoms with Gasteiger partial charge in [-0.1, -0.05) is 30.3 Å². The van der Waals surface area contributed by atoms with Crippen molar-refractivity contribution in [1.82, 2.24) is 10.2 Å². The van der Waals surface area contributed by atoms with Crippen molar-refractivity contribution in [3.63, 3.8) is 0 Å². The number of ether oxygens (including phenoxy) is 2. The molecule has 0 spiro atoms. The van der Waals surface area contributed by atoms with Crippen molar-refractivity contribution >= 4 is 28.8 Å². The Bertz CT molecular complexity index is 1190. The topological polar surface area (TPSA) is 119 Å². The Morgan fingerprint density at radius 3 is 2.06 bits per heavy atom. The van der Waals surface area contributed by atoms with E-state index in [1.165, 1.54) is 0 Å². The predicted octanol–water partition coefficient (Wildman–Crippen LogP) is 5.14. The lowest BCUT2D eigenvalue weighted by Gasteiger charge is -2.31. The van der Waals surface area contributed by atoms with Crippen LogP contribution in [-0.4, -0.2) is 40.0 Å². The predicted molar refractivity (Wildman–Crippen MR) is 134 cm³/mol. The van der Waals surface area contributed by atoms with Crippen molar-refractivity contribution in [2.24, 2.45) is 5.73 Å². The van der Waals surface area contributed by atoms with Gasteiger partial charge in [0.05, 0.1) is 5.52 Å². The molecule has 2 aromatic carbocycles. The van der Waals surface area contributed by atoms with Crippen LogP contribution >= 0.6 is 0 Å². The second-order valence-electron chi connectivity index (χ2n) is 10.6. The van der Waals surface area contributed by atoms with Crippen molar-refractivity contribution in [3.8, 4) is 11.1 Å². The molecular formula is C26H34N4O4. The molecule has 182 valence electrons. The van der Waals surface area contributed by atoms with E-state index in [1.54, 1.807) is 27.7 Å². The minimum absolute atomic E-state index is 0.127. The minimum Gasteiger partial charge on any atom is -0.459 e. The van der Waals surface area contributed by atoms with E-state index in [-0.39, 0.29) is 12.5 Å². The number of amides is 1. The molecule has 1 aromatic heterocycles. The van der Waals surface area contributed by atoms with Crippen LogP contribution in [0.3, 0.4) is 0 Å². The standard InChI is InChI=1S/C26H34N4O4/c1-24(2,3)33-22(31)26(7,15-27)18-11-8-16(9-12-18)17-10-13-20-19(14-17)21(30-29-20)28-23(32)34-25(4,5)6/h8-14H,15,27H2,1-7H3,(H2,28,29,30,32). The van der Waals surface area contributed by atoms with Gasteiger partial charge in [-0.15, -0.1) is 0 Å². The molecule has 1 amide bonds. The van der Waals surface area contributed by atoms with Gasteiger partial charge in [0.1, 0.15) is 16.6 Å². The number of carbonyl (C=O) groups excluding carboxylic acids is 2. The summed E-state index contributed by atoms with van der Waals surface area (Å²) in [7, 11) is 0. The van der Waals surface area contributed by atoms with E-state index < -0.39 is 22.7 Å². The van der Waals surface area contributed by atoms with Gasteiger partial charge in [-0.25, -0.2) is 4.79 Å². The summed E-state index contributed by atoms with van der Waals surface area (Å²) >= 11 is 0. The lowest BCUT2D eigenvalue weighted by molar-refractivity contribution is -0.161. The molecule has 3 aromatic rings. The van der Waals surface area contributed by atoms with Crippen LogP contribution in [-0.2, 0) is 19.7 Å². The third-order valence-corrected chi connectivity index (χ3v) is 5.30. The summed E-state index contributed by atoms with van der Waals surface area (Å²) in [6, 6.07) is 13.5. The first-order valence-electron chi connectivity index (χ1n) is 11.2. The van der Waals surface area contributed by atoms with Gasteiger partial charge in [-0.05, 0) is 77.3 Å². The van der Waals surface area contributed by atoms with Crippen LogP contribution in [0.25, 0.3) is 22.0 Å². The zero-order valence-electron chi connectivity index (χ0n) is 20.9. The van der Waals surface area contributed by atoms with Gasteiger partial charge in [0.15, 0.2) is 5.82 Å². The number of hydrogen-bond donors (Lipinski definition) is 3. The molecule has 0 saturated carbocycles. The third-order valence-electron chi connectivity index (χ3n) is 5.30. The van der Waals surface area contributed by atoms with Crippen LogP contribution in [0.4, 0.5) is 10.6 Å². The van der Waals surface area contributed by atoms with Gasteiger partial charge in [0.2, 0.25) is 0 Å². The second-order valence-corrected chi connectivity index (χ2v) is 10.6. The van der Waals surface area contributed by atoms with Crippen LogP contribution in [0.15, 0.2) is 42.5 Å². The van der Waals surface area contributed by atoms with Crippen LogP contribution in [0.2, 0.25) is 0 Å². The molecule has 0 radical (unpaired) electrons. The lowest BCUT2D eigenvalue weighted by atomic mass is 9.81. The largest absolute Gasteiger partial charge is 0.459 e. The molecule has 0 aliphatic heterocycles. The molecule has 8 heteroatoms. The SMILES string of the molecule is CC(C)(C)OC(=O)Nc1n[nH]c2ccc(-c3ccc(C(C)(CN)C(=O)OC(C)(C)C)cc3)cc12. The van der Waals surface area contributed by atoms with E-state index in [0.717, 1.165) is 27.6 Å². The second kappa shape index (κ2) is 9.10. The van der Waals surface area contributed by atoms with Crippen LogP contribution in [0.5, 0.6) is 0 Å². The fraction of sp³-hybridized carbons (Fsp3) is 0.423. The van der Waals surface area contributed by atoms with E-state index in [4.69, 9.17) is 15.2 Å². The molecule has 0 saturated heterocycles. The molecular weight excluding hydrogens is 432 g/mol. The lowest BCUT2D eigenvalue weighted by Crippen LogP contribution is -2.44. The molecule has 0 fully saturated rings. The van der Waals surface area contributed by atoms with Crippen molar-refractivity contribution in [3.05, 3.63) is 48.0 Å². The third kappa shape index (κ3) is 5.75. The molecule has 0 aliphatic rings. The fourth-order valence-corrected chi connectivity index (χ4v) is 3.43. The van der Waals surface area contributed by atoms with Crippen molar-refractivity contribution in [2.45, 2.75) is 65.1 Å². The number of nitrogens with two attached hydrogens (primary N) is 1. The number of nitrogens with one attached hydrogen (secondary N) is 2. The number of hydrogen-bond acceptors (Lipinski definition) is 6. The Kier molecular flexibility index (Phi) is 6.75. The summed E-state index contributed by atoms with van der Waals surface area (Å²) in [5.74, 6) is 0.0382. The highest BCUT2D eigenvalue weighted by atomic mass is 16.6. The van der Waals surface area contributed by atoms with Gasteiger partial charge >= 0.3 is 12.1 Å². The minimum atomic E-state index is -0.954. The molecule has 34 heavy (non-hydrogen) atoms. The highest BCUT2D eigenvalue weighted by Crippen LogP contribution is 2.31. The van der Waals surface area contributed by atoms with E-state index in [2.05, 4.69) is 15.5 Å². The number of H-pyrrole nitrogens is 1. The summed E-state index contributed by atoms with van der Waals surface area (Å²) in [5.41, 5.74) is 7.27. The number of rotatable bonds is 5. The number of aromatic nitrogens is 2. The van der Waals surface area contributed by atoms with Crippen LogP contribution < -0.4 is 11.1 Å². The maximum absolute atomic E-state index is 12.8. The average molecular weight is 467 g/mol.